The van der Waals surface area contributed by atoms with Crippen LogP contribution in [0.25, 0.3) is 0 Å². The van der Waals surface area contributed by atoms with Gasteiger partial charge in [-0.1, -0.05) is 6.92 Å². The number of nitrogens with one attached hydrogen (secondary N) is 1. The Morgan fingerprint density at radius 2 is 1.85 bits per heavy atom. The maximum absolute atomic E-state index is 3.32. The van der Waals surface area contributed by atoms with Crippen LogP contribution in [0, 0.1) is 5.92 Å². The van der Waals surface area contributed by atoms with E-state index in [0.717, 1.165) is 18.0 Å². The molecule has 2 aliphatic rings. The van der Waals surface area contributed by atoms with E-state index < -0.39 is 0 Å². The molecule has 0 aromatic rings. The summed E-state index contributed by atoms with van der Waals surface area (Å²) in [6, 6.07) is 1.84. The fourth-order valence-corrected chi connectivity index (χ4v) is 3.36. The second kappa shape index (κ2) is 3.97. The molecule has 2 bridgehead atoms. The predicted molar refractivity (Wildman–Crippen MR) is 55.8 cm³/mol. The highest BCUT2D eigenvalue weighted by atomic mass is 15.2. The zero-order chi connectivity index (χ0) is 9.26. The summed E-state index contributed by atoms with van der Waals surface area (Å²) in [5, 5.41) is 3.32. The Hall–Kier alpha value is -0.0800. The molecule has 2 atom stereocenters. The number of hydrogen-bond donors (Lipinski definition) is 1. The van der Waals surface area contributed by atoms with E-state index >= 15 is 0 Å². The molecule has 2 rings (SSSR count). The molecule has 0 amide bonds. The van der Waals surface area contributed by atoms with Gasteiger partial charge in [0.15, 0.2) is 0 Å². The van der Waals surface area contributed by atoms with Gasteiger partial charge in [0.25, 0.3) is 0 Å². The zero-order valence-electron chi connectivity index (χ0n) is 8.92. The average molecular weight is 182 g/mol. The highest BCUT2D eigenvalue weighted by Crippen LogP contribution is 2.37. The van der Waals surface area contributed by atoms with Gasteiger partial charge in [0.2, 0.25) is 0 Å². The van der Waals surface area contributed by atoms with Crippen molar-refractivity contribution in [2.75, 3.05) is 20.1 Å². The zero-order valence-corrected chi connectivity index (χ0v) is 8.92. The van der Waals surface area contributed by atoms with E-state index in [1.54, 1.807) is 0 Å². The van der Waals surface area contributed by atoms with Crippen LogP contribution >= 0.6 is 0 Å². The maximum atomic E-state index is 3.32. The van der Waals surface area contributed by atoms with Crippen molar-refractivity contribution in [1.29, 1.82) is 0 Å². The van der Waals surface area contributed by atoms with E-state index in [0.29, 0.717) is 0 Å². The number of rotatable bonds is 3. The lowest BCUT2D eigenvalue weighted by molar-refractivity contribution is 0.110. The molecule has 76 valence electrons. The van der Waals surface area contributed by atoms with Gasteiger partial charge in [-0.3, -0.25) is 4.90 Å². The summed E-state index contributed by atoms with van der Waals surface area (Å²) in [5.41, 5.74) is 0. The smallest absolute Gasteiger partial charge is 0.0102 e. The normalized spacial score (nSPS) is 39.7. The van der Waals surface area contributed by atoms with Gasteiger partial charge in [-0.15, -0.1) is 0 Å². The van der Waals surface area contributed by atoms with Gasteiger partial charge in [0, 0.05) is 12.1 Å². The van der Waals surface area contributed by atoms with Gasteiger partial charge in [-0.2, -0.15) is 0 Å². The summed E-state index contributed by atoms with van der Waals surface area (Å²) in [4.78, 5) is 2.73. The van der Waals surface area contributed by atoms with Crippen molar-refractivity contribution in [2.45, 2.75) is 44.7 Å². The van der Waals surface area contributed by atoms with Crippen LogP contribution in [0.2, 0.25) is 0 Å². The van der Waals surface area contributed by atoms with Crippen LogP contribution in [-0.2, 0) is 0 Å². The van der Waals surface area contributed by atoms with E-state index in [9.17, 15) is 0 Å². The molecule has 2 heteroatoms. The molecule has 0 radical (unpaired) electrons. The molecule has 0 saturated carbocycles. The molecule has 2 aliphatic heterocycles. The molecule has 0 spiro atoms. The molecule has 0 aromatic heterocycles. The van der Waals surface area contributed by atoms with Crippen LogP contribution < -0.4 is 5.32 Å². The summed E-state index contributed by atoms with van der Waals surface area (Å²) in [6.07, 6.45) is 5.79. The van der Waals surface area contributed by atoms with E-state index in [1.165, 1.54) is 38.8 Å². The molecule has 2 nitrogen and oxygen atoms in total. The second-order valence-electron chi connectivity index (χ2n) is 4.61. The summed E-state index contributed by atoms with van der Waals surface area (Å²) in [7, 11) is 2.08. The van der Waals surface area contributed by atoms with Crippen LogP contribution in [-0.4, -0.2) is 37.1 Å². The van der Waals surface area contributed by atoms with Crippen molar-refractivity contribution in [3.8, 4) is 0 Å². The van der Waals surface area contributed by atoms with E-state index in [-0.39, 0.29) is 0 Å². The Labute approximate surface area is 81.7 Å². The maximum Gasteiger partial charge on any atom is 0.0102 e. The largest absolute Gasteiger partial charge is 0.319 e. The molecule has 2 saturated heterocycles. The van der Waals surface area contributed by atoms with Crippen LogP contribution in [0.5, 0.6) is 0 Å². The average Bonchev–Trinajstić information content (AvgIpc) is 2.37. The first-order valence-electron chi connectivity index (χ1n) is 5.75. The lowest BCUT2D eigenvalue weighted by atomic mass is 9.91. The summed E-state index contributed by atoms with van der Waals surface area (Å²) < 4.78 is 0. The highest BCUT2D eigenvalue weighted by molar-refractivity contribution is 4.94. The van der Waals surface area contributed by atoms with Crippen molar-refractivity contribution in [3.63, 3.8) is 0 Å². The van der Waals surface area contributed by atoms with Gasteiger partial charge in [0.05, 0.1) is 0 Å². The number of nitrogens with zero attached hydrogens (tertiary/aromatic N) is 1. The van der Waals surface area contributed by atoms with Crippen molar-refractivity contribution < 1.29 is 0 Å². The first-order valence-corrected chi connectivity index (χ1v) is 5.75. The third-order valence-corrected chi connectivity index (χ3v) is 3.84. The number of piperidine rings is 1. The molecular formula is C11H22N2. The predicted octanol–water partition coefficient (Wildman–Crippen LogP) is 1.47. The minimum Gasteiger partial charge on any atom is -0.319 e. The quantitative estimate of drug-likeness (QED) is 0.711. The van der Waals surface area contributed by atoms with E-state index in [2.05, 4.69) is 24.2 Å². The molecule has 2 unspecified atom stereocenters. The first-order chi connectivity index (χ1) is 6.35. The lowest BCUT2D eigenvalue weighted by Gasteiger charge is -2.38. The van der Waals surface area contributed by atoms with Crippen molar-refractivity contribution in [1.82, 2.24) is 10.2 Å². The highest BCUT2D eigenvalue weighted by Gasteiger charge is 2.39. The second-order valence-corrected chi connectivity index (χ2v) is 4.61. The Morgan fingerprint density at radius 1 is 1.23 bits per heavy atom. The molecule has 0 aromatic carbocycles. The van der Waals surface area contributed by atoms with Crippen LogP contribution in [0.3, 0.4) is 0 Å². The molecule has 2 heterocycles. The van der Waals surface area contributed by atoms with Crippen molar-refractivity contribution in [3.05, 3.63) is 0 Å². The fraction of sp³-hybridized carbons (Fsp3) is 1.00. The van der Waals surface area contributed by atoms with E-state index in [1.807, 2.05) is 0 Å². The SMILES string of the molecule is CCN1C2CCC1CC(CNC)C2. The lowest BCUT2D eigenvalue weighted by Crippen LogP contribution is -2.44. The summed E-state index contributed by atoms with van der Waals surface area (Å²) >= 11 is 0. The standard InChI is InChI=1S/C11H22N2/c1-3-13-10-4-5-11(13)7-9(6-10)8-12-2/h9-12H,3-8H2,1-2H3. The minimum absolute atomic E-state index is 0.919. The Bertz CT molecular complexity index is 155. The van der Waals surface area contributed by atoms with Crippen molar-refractivity contribution >= 4 is 0 Å². The molecule has 13 heavy (non-hydrogen) atoms. The van der Waals surface area contributed by atoms with Gasteiger partial charge in [-0.25, -0.2) is 0 Å². The summed E-state index contributed by atoms with van der Waals surface area (Å²) in [5.74, 6) is 0.949. The number of hydrogen-bond acceptors (Lipinski definition) is 2. The molecule has 0 aliphatic carbocycles. The Balaban J connectivity index is 1.94. The minimum atomic E-state index is 0.919. The topological polar surface area (TPSA) is 15.3 Å². The van der Waals surface area contributed by atoms with Crippen LogP contribution in [0.1, 0.15) is 32.6 Å². The van der Waals surface area contributed by atoms with Crippen LogP contribution in [0.4, 0.5) is 0 Å². The summed E-state index contributed by atoms with van der Waals surface area (Å²) in [6.45, 7) is 4.80. The van der Waals surface area contributed by atoms with Gasteiger partial charge in [-0.05, 0) is 51.7 Å². The molecule has 1 N–H and O–H groups in total. The first kappa shape index (κ1) is 9.47. The Morgan fingerprint density at radius 3 is 2.31 bits per heavy atom. The van der Waals surface area contributed by atoms with Crippen molar-refractivity contribution in [2.24, 2.45) is 5.92 Å². The third-order valence-electron chi connectivity index (χ3n) is 3.84. The van der Waals surface area contributed by atoms with Gasteiger partial charge >= 0.3 is 0 Å². The monoisotopic (exact) mass is 182 g/mol. The molecule has 2 fully saturated rings. The van der Waals surface area contributed by atoms with E-state index in [4.69, 9.17) is 0 Å². The third kappa shape index (κ3) is 1.75. The number of fused-ring (bicyclic) bond motifs is 2. The van der Waals surface area contributed by atoms with Gasteiger partial charge in [0.1, 0.15) is 0 Å². The fourth-order valence-electron chi connectivity index (χ4n) is 3.36. The molecular weight excluding hydrogens is 160 g/mol. The van der Waals surface area contributed by atoms with Gasteiger partial charge < -0.3 is 5.32 Å². The van der Waals surface area contributed by atoms with Crippen LogP contribution in [0.15, 0.2) is 0 Å². The Kier molecular flexibility index (Phi) is 2.89.